The number of hydrogen-bond acceptors (Lipinski definition) is 2. The second kappa shape index (κ2) is 7.16. The molecule has 0 radical (unpaired) electrons. The molecular weight excluding hydrogens is 327 g/mol. The maximum Gasteiger partial charge on any atom is 0.147 e. The molecule has 0 bridgehead atoms. The van der Waals surface area contributed by atoms with Crippen molar-refractivity contribution in [2.24, 2.45) is 0 Å². The van der Waals surface area contributed by atoms with Gasteiger partial charge in [-0.2, -0.15) is 0 Å². The first kappa shape index (κ1) is 17.1. The zero-order valence-corrected chi connectivity index (χ0v) is 13.8. The van der Waals surface area contributed by atoms with Crippen LogP contribution >= 0.6 is 34.8 Å². The Morgan fingerprint density at radius 3 is 2.32 bits per heavy atom. The van der Waals surface area contributed by atoms with Crippen molar-refractivity contribution in [3.8, 4) is 0 Å². The molecule has 0 heterocycles. The van der Waals surface area contributed by atoms with E-state index in [4.69, 9.17) is 34.8 Å². The second-order valence-corrected chi connectivity index (χ2v) is 8.02. The third-order valence-electron chi connectivity index (χ3n) is 3.12. The molecule has 108 valence electrons. The van der Waals surface area contributed by atoms with Crippen LogP contribution in [-0.4, -0.2) is 32.2 Å². The highest BCUT2D eigenvalue weighted by Crippen LogP contribution is 2.34. The smallest absolute Gasteiger partial charge is 0.147 e. The van der Waals surface area contributed by atoms with Crippen molar-refractivity contribution in [2.45, 2.75) is 18.3 Å². The highest BCUT2D eigenvalue weighted by Gasteiger charge is 2.30. The van der Waals surface area contributed by atoms with E-state index in [-0.39, 0.29) is 5.75 Å². The molecule has 0 N–H and O–H groups in total. The fourth-order valence-corrected chi connectivity index (χ4v) is 3.68. The van der Waals surface area contributed by atoms with E-state index >= 15 is 0 Å². The Morgan fingerprint density at radius 2 is 1.84 bits per heavy atom. The van der Waals surface area contributed by atoms with Gasteiger partial charge < -0.3 is 0 Å². The molecule has 0 amide bonds. The van der Waals surface area contributed by atoms with Gasteiger partial charge in [-0.3, -0.25) is 0 Å². The van der Waals surface area contributed by atoms with Gasteiger partial charge in [-0.25, -0.2) is 8.42 Å². The molecule has 0 saturated heterocycles. The van der Waals surface area contributed by atoms with E-state index in [0.717, 1.165) is 5.56 Å². The van der Waals surface area contributed by atoms with Crippen LogP contribution in [-0.2, 0) is 15.3 Å². The third-order valence-corrected chi connectivity index (χ3v) is 5.41. The first-order chi connectivity index (χ1) is 8.83. The predicted molar refractivity (Wildman–Crippen MR) is 83.5 cm³/mol. The van der Waals surface area contributed by atoms with Crippen molar-refractivity contribution in [3.63, 3.8) is 0 Å². The number of halogens is 3. The van der Waals surface area contributed by atoms with Crippen LogP contribution in [0.4, 0.5) is 0 Å². The minimum atomic E-state index is -2.97. The molecular formula is C13H17Cl3O2S. The molecule has 1 rings (SSSR count). The highest BCUT2D eigenvalue weighted by atomic mass is 35.5. The van der Waals surface area contributed by atoms with Crippen LogP contribution in [0.5, 0.6) is 0 Å². The van der Waals surface area contributed by atoms with Gasteiger partial charge in [0.1, 0.15) is 9.84 Å². The minimum Gasteiger partial charge on any atom is -0.229 e. The lowest BCUT2D eigenvalue weighted by Crippen LogP contribution is -2.31. The fourth-order valence-electron chi connectivity index (χ4n) is 1.96. The average Bonchev–Trinajstić information content (AvgIpc) is 2.34. The minimum absolute atomic E-state index is 0.142. The van der Waals surface area contributed by atoms with E-state index in [1.807, 2.05) is 18.2 Å². The van der Waals surface area contributed by atoms with Crippen molar-refractivity contribution in [1.82, 2.24) is 0 Å². The molecule has 0 saturated carbocycles. The summed E-state index contributed by atoms with van der Waals surface area (Å²) in [6, 6.07) is 7.40. The summed E-state index contributed by atoms with van der Waals surface area (Å²) in [6.45, 7) is 0. The van der Waals surface area contributed by atoms with Gasteiger partial charge >= 0.3 is 0 Å². The Kier molecular flexibility index (Phi) is 6.44. The van der Waals surface area contributed by atoms with Gasteiger partial charge in [0.15, 0.2) is 0 Å². The van der Waals surface area contributed by atoms with Crippen LogP contribution in [0.1, 0.15) is 18.4 Å². The van der Waals surface area contributed by atoms with Crippen molar-refractivity contribution in [1.29, 1.82) is 0 Å². The summed E-state index contributed by atoms with van der Waals surface area (Å²) in [5.41, 5.74) is 0.525. The van der Waals surface area contributed by atoms with Crippen molar-refractivity contribution < 1.29 is 8.42 Å². The highest BCUT2D eigenvalue weighted by molar-refractivity contribution is 7.90. The maximum absolute atomic E-state index is 11.2. The van der Waals surface area contributed by atoms with Crippen LogP contribution < -0.4 is 0 Å². The van der Waals surface area contributed by atoms with Crippen molar-refractivity contribution in [2.75, 3.05) is 23.8 Å². The van der Waals surface area contributed by atoms with E-state index in [1.54, 1.807) is 6.07 Å². The number of alkyl halides is 2. The first-order valence-electron chi connectivity index (χ1n) is 5.89. The third kappa shape index (κ3) is 5.14. The number of rotatable bonds is 7. The van der Waals surface area contributed by atoms with Gasteiger partial charge in [0, 0.05) is 34.2 Å². The van der Waals surface area contributed by atoms with Gasteiger partial charge in [-0.1, -0.05) is 23.7 Å². The molecule has 6 heteroatoms. The van der Waals surface area contributed by atoms with Crippen LogP contribution in [0.3, 0.4) is 0 Å². The normalized spacial score (nSPS) is 12.6. The molecule has 0 aromatic heterocycles. The molecule has 0 aliphatic carbocycles. The lowest BCUT2D eigenvalue weighted by molar-refractivity contribution is 0.483. The van der Waals surface area contributed by atoms with Gasteiger partial charge in [0.2, 0.25) is 0 Å². The van der Waals surface area contributed by atoms with E-state index in [0.29, 0.717) is 29.6 Å². The standard InChI is InChI=1S/C13H17Cl3O2S/c1-19(17,18)7-3-6-13(9-14,10-15)11-4-2-5-12(16)8-11/h2,4-5,8H,3,6-7,9-10H2,1H3. The molecule has 19 heavy (non-hydrogen) atoms. The molecule has 1 aromatic carbocycles. The fraction of sp³-hybridized carbons (Fsp3) is 0.538. The first-order valence-corrected chi connectivity index (χ1v) is 9.39. The Labute approximate surface area is 130 Å². The molecule has 0 aliphatic heterocycles. The summed E-state index contributed by atoms with van der Waals surface area (Å²) >= 11 is 18.2. The van der Waals surface area contributed by atoms with E-state index < -0.39 is 15.3 Å². The van der Waals surface area contributed by atoms with Crippen LogP contribution in [0.2, 0.25) is 5.02 Å². The van der Waals surface area contributed by atoms with Crippen LogP contribution in [0.15, 0.2) is 24.3 Å². The lowest BCUT2D eigenvalue weighted by Gasteiger charge is -2.30. The molecule has 0 unspecified atom stereocenters. The summed E-state index contributed by atoms with van der Waals surface area (Å²) in [5.74, 6) is 0.810. The predicted octanol–water partition coefficient (Wildman–Crippen LogP) is 3.88. The lowest BCUT2D eigenvalue weighted by atomic mass is 9.80. The summed E-state index contributed by atoms with van der Waals surface area (Å²) < 4.78 is 22.4. The monoisotopic (exact) mass is 342 g/mol. The second-order valence-electron chi connectivity index (χ2n) is 4.79. The Hall–Kier alpha value is 0.0400. The summed E-state index contributed by atoms with van der Waals surface area (Å²) in [4.78, 5) is 0. The Balaban J connectivity index is 2.91. The summed E-state index contributed by atoms with van der Waals surface area (Å²) in [5, 5.41) is 0.625. The molecule has 0 aliphatic rings. The number of hydrogen-bond donors (Lipinski definition) is 0. The van der Waals surface area contributed by atoms with Crippen molar-refractivity contribution >= 4 is 44.6 Å². The average molecular weight is 344 g/mol. The van der Waals surface area contributed by atoms with Crippen LogP contribution in [0.25, 0.3) is 0 Å². The maximum atomic E-state index is 11.2. The van der Waals surface area contributed by atoms with Gasteiger partial charge in [-0.15, -0.1) is 23.2 Å². The van der Waals surface area contributed by atoms with E-state index in [9.17, 15) is 8.42 Å². The molecule has 0 fully saturated rings. The zero-order valence-electron chi connectivity index (χ0n) is 10.7. The van der Waals surface area contributed by atoms with Crippen molar-refractivity contribution in [3.05, 3.63) is 34.9 Å². The number of benzene rings is 1. The number of sulfone groups is 1. The topological polar surface area (TPSA) is 34.1 Å². The van der Waals surface area contributed by atoms with Gasteiger partial charge in [0.25, 0.3) is 0 Å². The van der Waals surface area contributed by atoms with E-state index in [1.165, 1.54) is 6.26 Å². The van der Waals surface area contributed by atoms with Gasteiger partial charge in [0.05, 0.1) is 0 Å². The van der Waals surface area contributed by atoms with E-state index in [2.05, 4.69) is 0 Å². The van der Waals surface area contributed by atoms with Gasteiger partial charge in [-0.05, 0) is 30.5 Å². The quantitative estimate of drug-likeness (QED) is 0.704. The zero-order chi connectivity index (χ0) is 14.5. The largest absolute Gasteiger partial charge is 0.229 e. The molecule has 0 spiro atoms. The summed E-state index contributed by atoms with van der Waals surface area (Å²) in [7, 11) is -2.97. The Morgan fingerprint density at radius 1 is 1.21 bits per heavy atom. The molecule has 1 aromatic rings. The summed E-state index contributed by atoms with van der Waals surface area (Å²) in [6.07, 6.45) is 2.38. The molecule has 2 nitrogen and oxygen atoms in total. The Bertz CT molecular complexity index is 510. The SMILES string of the molecule is CS(=O)(=O)CCCC(CCl)(CCl)c1cccc(Cl)c1. The molecule has 0 atom stereocenters. The van der Waals surface area contributed by atoms with Crippen LogP contribution in [0, 0.1) is 0 Å².